The minimum Gasteiger partial charge on any atom is -0.507 e. The van der Waals surface area contributed by atoms with Gasteiger partial charge in [0.15, 0.2) is 0 Å². The van der Waals surface area contributed by atoms with Gasteiger partial charge >= 0.3 is 5.97 Å². The molecule has 0 amide bonds. The van der Waals surface area contributed by atoms with E-state index in [0.717, 1.165) is 12.1 Å². The molecule has 2 N–H and O–H groups in total. The predicted molar refractivity (Wildman–Crippen MR) is 47.7 cm³/mol. The second-order valence-electron chi connectivity index (χ2n) is 2.09. The second-order valence-corrected chi connectivity index (χ2v) is 3.25. The number of phenolic OH excluding ortho intramolecular Hbond substituents is 1. The monoisotopic (exact) mass is 282 g/mol. The van der Waals surface area contributed by atoms with Gasteiger partial charge in [-0.05, 0) is 34.7 Å². The number of hydrogen-bond donors (Lipinski definition) is 2. The molecule has 64 valence electrons. The van der Waals surface area contributed by atoms with Gasteiger partial charge in [0, 0.05) is 0 Å². The van der Waals surface area contributed by atoms with E-state index in [9.17, 15) is 9.18 Å². The Morgan fingerprint density at radius 1 is 1.50 bits per heavy atom. The fourth-order valence-corrected chi connectivity index (χ4v) is 1.13. The average Bonchev–Trinajstić information content (AvgIpc) is 1.96. The van der Waals surface area contributed by atoms with Gasteiger partial charge in [0.1, 0.15) is 11.6 Å². The average molecular weight is 282 g/mol. The molecular weight excluding hydrogens is 278 g/mol. The Kier molecular flexibility index (Phi) is 2.51. The Morgan fingerprint density at radius 3 is 2.58 bits per heavy atom. The molecule has 0 atom stereocenters. The Labute approximate surface area is 81.0 Å². The van der Waals surface area contributed by atoms with Crippen LogP contribution < -0.4 is 0 Å². The molecule has 1 aromatic rings. The molecule has 0 bridgehead atoms. The van der Waals surface area contributed by atoms with Crippen molar-refractivity contribution in [3.8, 4) is 5.75 Å². The van der Waals surface area contributed by atoms with Crippen LogP contribution in [0.1, 0.15) is 10.4 Å². The summed E-state index contributed by atoms with van der Waals surface area (Å²) in [5.41, 5.74) is -0.520. The molecule has 0 saturated carbocycles. The number of carbonyl (C=O) groups is 1. The van der Waals surface area contributed by atoms with Gasteiger partial charge in [-0.1, -0.05) is 0 Å². The highest BCUT2D eigenvalue weighted by Crippen LogP contribution is 2.23. The Bertz CT molecular complexity index is 338. The summed E-state index contributed by atoms with van der Waals surface area (Å²) in [5, 5.41) is 17.5. The van der Waals surface area contributed by atoms with Crippen LogP contribution in [-0.4, -0.2) is 16.2 Å². The lowest BCUT2D eigenvalue weighted by atomic mass is 10.2. The van der Waals surface area contributed by atoms with Gasteiger partial charge in [0.05, 0.1) is 9.13 Å². The maximum Gasteiger partial charge on any atom is 0.338 e. The van der Waals surface area contributed by atoms with Gasteiger partial charge in [-0.15, -0.1) is 0 Å². The van der Waals surface area contributed by atoms with Gasteiger partial charge in [-0.3, -0.25) is 0 Å². The topological polar surface area (TPSA) is 57.5 Å². The first kappa shape index (κ1) is 9.24. The fraction of sp³-hybridized carbons (Fsp3) is 0. The Hall–Kier alpha value is -0.850. The van der Waals surface area contributed by atoms with Crippen molar-refractivity contribution in [2.45, 2.75) is 0 Å². The molecule has 0 spiro atoms. The molecule has 3 nitrogen and oxygen atoms in total. The number of rotatable bonds is 1. The first-order chi connectivity index (χ1) is 5.52. The normalized spacial score (nSPS) is 9.83. The molecule has 0 aliphatic heterocycles. The highest BCUT2D eigenvalue weighted by molar-refractivity contribution is 14.1. The molecule has 1 aromatic carbocycles. The molecule has 0 radical (unpaired) electrons. The van der Waals surface area contributed by atoms with E-state index < -0.39 is 17.3 Å². The van der Waals surface area contributed by atoms with Crippen LogP contribution in [0, 0.1) is 9.39 Å². The zero-order valence-corrected chi connectivity index (χ0v) is 7.87. The number of carboxylic acids is 1. The van der Waals surface area contributed by atoms with Crippen molar-refractivity contribution in [1.82, 2.24) is 0 Å². The summed E-state index contributed by atoms with van der Waals surface area (Å²) in [7, 11) is 0. The summed E-state index contributed by atoms with van der Waals surface area (Å²) in [6, 6.07) is 1.86. The summed E-state index contributed by atoms with van der Waals surface area (Å²) in [5.74, 6) is -2.46. The van der Waals surface area contributed by atoms with Crippen molar-refractivity contribution in [2.75, 3.05) is 0 Å². The van der Waals surface area contributed by atoms with Gasteiger partial charge in [-0.2, -0.15) is 0 Å². The molecule has 0 saturated heterocycles. The number of hydrogen-bond acceptors (Lipinski definition) is 2. The van der Waals surface area contributed by atoms with Gasteiger partial charge in [-0.25, -0.2) is 9.18 Å². The third-order valence-electron chi connectivity index (χ3n) is 1.27. The minimum absolute atomic E-state index is 0.227. The maximum absolute atomic E-state index is 12.8. The predicted octanol–water partition coefficient (Wildman–Crippen LogP) is 1.83. The number of aromatic carboxylic acids is 1. The van der Waals surface area contributed by atoms with Crippen molar-refractivity contribution in [3.63, 3.8) is 0 Å². The second kappa shape index (κ2) is 3.26. The molecule has 12 heavy (non-hydrogen) atoms. The van der Waals surface area contributed by atoms with E-state index in [4.69, 9.17) is 10.2 Å². The van der Waals surface area contributed by atoms with Crippen LogP contribution in [0.3, 0.4) is 0 Å². The third-order valence-corrected chi connectivity index (χ3v) is 2.13. The van der Waals surface area contributed by atoms with Crippen LogP contribution in [0.15, 0.2) is 12.1 Å². The number of carboxylic acid groups (broad SMARTS) is 1. The lowest BCUT2D eigenvalue weighted by Crippen LogP contribution is -2.00. The molecule has 0 unspecified atom stereocenters. The molecule has 0 fully saturated rings. The highest BCUT2D eigenvalue weighted by Gasteiger charge is 2.12. The van der Waals surface area contributed by atoms with Crippen molar-refractivity contribution < 1.29 is 19.4 Å². The van der Waals surface area contributed by atoms with E-state index in [2.05, 4.69) is 0 Å². The van der Waals surface area contributed by atoms with Crippen molar-refractivity contribution >= 4 is 28.6 Å². The summed E-state index contributed by atoms with van der Waals surface area (Å²) in [6.45, 7) is 0. The van der Waals surface area contributed by atoms with Crippen LogP contribution in [0.25, 0.3) is 0 Å². The van der Waals surface area contributed by atoms with Crippen molar-refractivity contribution in [1.29, 1.82) is 0 Å². The summed E-state index contributed by atoms with van der Waals surface area (Å²) in [6.07, 6.45) is 0. The van der Waals surface area contributed by atoms with Gasteiger partial charge < -0.3 is 10.2 Å². The largest absolute Gasteiger partial charge is 0.507 e. The fourth-order valence-electron chi connectivity index (χ4n) is 0.701. The SMILES string of the molecule is O=C(O)c1cc(O)c(I)cc1F. The van der Waals surface area contributed by atoms with E-state index in [1.807, 2.05) is 0 Å². The van der Waals surface area contributed by atoms with Gasteiger partial charge in [0.2, 0.25) is 0 Å². The molecule has 0 aliphatic carbocycles. The third kappa shape index (κ3) is 1.66. The standard InChI is InChI=1S/C7H4FIO3/c8-4-2-5(9)6(10)1-3(4)7(11)12/h1-2,10H,(H,11,12). The zero-order valence-electron chi connectivity index (χ0n) is 5.71. The number of phenols is 1. The Morgan fingerprint density at radius 2 is 2.08 bits per heavy atom. The highest BCUT2D eigenvalue weighted by atomic mass is 127. The molecule has 5 heteroatoms. The van der Waals surface area contributed by atoms with E-state index >= 15 is 0 Å². The Balaban J connectivity index is 3.33. The molecular formula is C7H4FIO3. The minimum atomic E-state index is -1.39. The molecule has 1 rings (SSSR count). The van der Waals surface area contributed by atoms with E-state index in [-0.39, 0.29) is 9.32 Å². The van der Waals surface area contributed by atoms with Crippen LogP contribution in [0.2, 0.25) is 0 Å². The lowest BCUT2D eigenvalue weighted by Gasteiger charge is -2.00. The first-order valence-corrected chi connectivity index (χ1v) is 4.01. The quantitative estimate of drug-likeness (QED) is 0.773. The summed E-state index contributed by atoms with van der Waals surface area (Å²) >= 11 is 1.71. The van der Waals surface area contributed by atoms with Crippen LogP contribution in [-0.2, 0) is 0 Å². The number of halogens is 2. The first-order valence-electron chi connectivity index (χ1n) is 2.93. The lowest BCUT2D eigenvalue weighted by molar-refractivity contribution is 0.0691. The van der Waals surface area contributed by atoms with Crippen LogP contribution >= 0.6 is 22.6 Å². The van der Waals surface area contributed by atoms with Gasteiger partial charge in [0.25, 0.3) is 0 Å². The number of benzene rings is 1. The summed E-state index contributed by atoms with van der Waals surface area (Å²) < 4.78 is 13.1. The van der Waals surface area contributed by atoms with Crippen molar-refractivity contribution in [2.24, 2.45) is 0 Å². The van der Waals surface area contributed by atoms with E-state index in [1.54, 1.807) is 22.6 Å². The van der Waals surface area contributed by atoms with Crippen molar-refractivity contribution in [3.05, 3.63) is 27.1 Å². The molecule has 0 aromatic heterocycles. The van der Waals surface area contributed by atoms with E-state index in [1.165, 1.54) is 0 Å². The zero-order chi connectivity index (χ0) is 9.30. The number of aromatic hydroxyl groups is 1. The molecule has 0 aliphatic rings. The van der Waals surface area contributed by atoms with Crippen LogP contribution in [0.4, 0.5) is 4.39 Å². The maximum atomic E-state index is 12.8. The molecule has 0 heterocycles. The smallest absolute Gasteiger partial charge is 0.338 e. The summed E-state index contributed by atoms with van der Waals surface area (Å²) in [4.78, 5) is 10.3. The van der Waals surface area contributed by atoms with E-state index in [0.29, 0.717) is 0 Å². The van der Waals surface area contributed by atoms with Crippen LogP contribution in [0.5, 0.6) is 5.75 Å².